The number of hydrogen-bond donors (Lipinski definition) is 1. The van der Waals surface area contributed by atoms with Crippen LogP contribution in [0.1, 0.15) is 33.6 Å². The Morgan fingerprint density at radius 2 is 2.00 bits per heavy atom. The fourth-order valence-electron chi connectivity index (χ4n) is 1.44. The fraction of sp³-hybridized carbons (Fsp3) is 0.571. The lowest BCUT2D eigenvalue weighted by Gasteiger charge is -2.20. The van der Waals surface area contributed by atoms with Gasteiger partial charge in [0.05, 0.1) is 6.61 Å². The molecule has 1 rings (SSSR count). The molecule has 0 heterocycles. The van der Waals surface area contributed by atoms with E-state index in [1.807, 2.05) is 24.3 Å². The van der Waals surface area contributed by atoms with Gasteiger partial charge in [-0.1, -0.05) is 17.7 Å². The Hall–Kier alpha value is -0.730. The summed E-state index contributed by atoms with van der Waals surface area (Å²) in [6.07, 6.45) is 2.17. The van der Waals surface area contributed by atoms with Gasteiger partial charge in [0.2, 0.25) is 0 Å². The van der Waals surface area contributed by atoms with Crippen molar-refractivity contribution in [1.29, 1.82) is 0 Å². The van der Waals surface area contributed by atoms with Gasteiger partial charge in [-0.05, 0) is 58.4 Å². The Morgan fingerprint density at radius 1 is 1.24 bits per heavy atom. The van der Waals surface area contributed by atoms with Crippen LogP contribution in [-0.2, 0) is 0 Å². The van der Waals surface area contributed by atoms with Gasteiger partial charge in [0.25, 0.3) is 0 Å². The van der Waals surface area contributed by atoms with E-state index in [1.54, 1.807) is 0 Å². The van der Waals surface area contributed by atoms with Gasteiger partial charge >= 0.3 is 0 Å². The minimum atomic E-state index is 0.202. The molecule has 0 fully saturated rings. The zero-order valence-electron chi connectivity index (χ0n) is 10.9. The molecule has 0 amide bonds. The number of halogens is 1. The Kier molecular flexibility index (Phi) is 5.79. The summed E-state index contributed by atoms with van der Waals surface area (Å²) in [6, 6.07) is 7.52. The largest absolute Gasteiger partial charge is 0.494 e. The molecule has 0 aliphatic rings. The zero-order chi connectivity index (χ0) is 12.7. The van der Waals surface area contributed by atoms with Gasteiger partial charge < -0.3 is 10.1 Å². The van der Waals surface area contributed by atoms with E-state index in [0.717, 1.165) is 36.8 Å². The monoisotopic (exact) mass is 255 g/mol. The first-order valence-corrected chi connectivity index (χ1v) is 6.48. The minimum Gasteiger partial charge on any atom is -0.494 e. The first kappa shape index (κ1) is 14.3. The topological polar surface area (TPSA) is 21.3 Å². The third-order valence-corrected chi connectivity index (χ3v) is 2.53. The van der Waals surface area contributed by atoms with Crippen LogP contribution in [0.2, 0.25) is 5.02 Å². The van der Waals surface area contributed by atoms with Crippen LogP contribution in [0.5, 0.6) is 5.75 Å². The van der Waals surface area contributed by atoms with Crippen LogP contribution in [0.25, 0.3) is 0 Å². The van der Waals surface area contributed by atoms with E-state index in [2.05, 4.69) is 26.1 Å². The summed E-state index contributed by atoms with van der Waals surface area (Å²) in [5.41, 5.74) is 0.202. The maximum Gasteiger partial charge on any atom is 0.120 e. The lowest BCUT2D eigenvalue weighted by atomic mass is 10.1. The lowest BCUT2D eigenvalue weighted by Crippen LogP contribution is -2.36. The average Bonchev–Trinajstić information content (AvgIpc) is 2.22. The zero-order valence-corrected chi connectivity index (χ0v) is 11.7. The number of rotatable bonds is 6. The standard InChI is InChI=1S/C14H22ClNO/c1-14(2,3)16-9-4-5-10-17-13-8-6-7-12(15)11-13/h6-8,11,16H,4-5,9-10H2,1-3H3. The van der Waals surface area contributed by atoms with Crippen LogP contribution in [0.4, 0.5) is 0 Å². The van der Waals surface area contributed by atoms with Crippen molar-refractivity contribution in [2.24, 2.45) is 0 Å². The molecule has 0 aromatic heterocycles. The summed E-state index contributed by atoms with van der Waals surface area (Å²) >= 11 is 5.87. The lowest BCUT2D eigenvalue weighted by molar-refractivity contribution is 0.301. The maximum atomic E-state index is 5.87. The quantitative estimate of drug-likeness (QED) is 0.779. The molecule has 0 bridgehead atoms. The average molecular weight is 256 g/mol. The third-order valence-electron chi connectivity index (χ3n) is 2.29. The maximum absolute atomic E-state index is 5.87. The number of ether oxygens (including phenoxy) is 1. The van der Waals surface area contributed by atoms with Crippen molar-refractivity contribution < 1.29 is 4.74 Å². The number of benzene rings is 1. The summed E-state index contributed by atoms with van der Waals surface area (Å²) in [7, 11) is 0. The van der Waals surface area contributed by atoms with Gasteiger partial charge in [-0.2, -0.15) is 0 Å². The van der Waals surface area contributed by atoms with Crippen molar-refractivity contribution in [2.45, 2.75) is 39.2 Å². The molecule has 0 unspecified atom stereocenters. The van der Waals surface area contributed by atoms with Crippen molar-refractivity contribution in [1.82, 2.24) is 5.32 Å². The summed E-state index contributed by atoms with van der Waals surface area (Å²) in [4.78, 5) is 0. The van der Waals surface area contributed by atoms with Crippen LogP contribution in [0.3, 0.4) is 0 Å². The van der Waals surface area contributed by atoms with Gasteiger partial charge in [-0.15, -0.1) is 0 Å². The molecule has 0 aliphatic heterocycles. The first-order valence-electron chi connectivity index (χ1n) is 6.11. The highest BCUT2D eigenvalue weighted by atomic mass is 35.5. The van der Waals surface area contributed by atoms with Gasteiger partial charge in [0, 0.05) is 10.6 Å². The second-order valence-electron chi connectivity index (χ2n) is 5.19. The predicted molar refractivity (Wildman–Crippen MR) is 73.9 cm³/mol. The van der Waals surface area contributed by atoms with Crippen molar-refractivity contribution >= 4 is 11.6 Å². The normalized spacial score (nSPS) is 11.5. The molecule has 1 aromatic carbocycles. The molecule has 0 atom stereocenters. The predicted octanol–water partition coefficient (Wildman–Crippen LogP) is 3.89. The molecule has 1 aromatic rings. The minimum absolute atomic E-state index is 0.202. The second-order valence-corrected chi connectivity index (χ2v) is 5.63. The molecule has 3 heteroatoms. The molecule has 0 spiro atoms. The van der Waals surface area contributed by atoms with Crippen LogP contribution in [-0.4, -0.2) is 18.7 Å². The Balaban J connectivity index is 2.09. The van der Waals surface area contributed by atoms with E-state index in [9.17, 15) is 0 Å². The highest BCUT2D eigenvalue weighted by molar-refractivity contribution is 6.30. The number of hydrogen-bond acceptors (Lipinski definition) is 2. The van der Waals surface area contributed by atoms with Gasteiger partial charge in [-0.25, -0.2) is 0 Å². The summed E-state index contributed by atoms with van der Waals surface area (Å²) in [6.45, 7) is 8.30. The van der Waals surface area contributed by atoms with E-state index >= 15 is 0 Å². The highest BCUT2D eigenvalue weighted by Gasteiger charge is 2.06. The number of nitrogens with one attached hydrogen (secondary N) is 1. The molecule has 0 aliphatic carbocycles. The van der Waals surface area contributed by atoms with Gasteiger partial charge in [0.1, 0.15) is 5.75 Å². The number of unbranched alkanes of at least 4 members (excludes halogenated alkanes) is 1. The van der Waals surface area contributed by atoms with Crippen molar-refractivity contribution in [3.05, 3.63) is 29.3 Å². The Labute approximate surface area is 109 Å². The van der Waals surface area contributed by atoms with E-state index < -0.39 is 0 Å². The fourth-order valence-corrected chi connectivity index (χ4v) is 1.62. The molecular formula is C14H22ClNO. The third kappa shape index (κ3) is 7.24. The van der Waals surface area contributed by atoms with E-state index in [0.29, 0.717) is 0 Å². The van der Waals surface area contributed by atoms with E-state index in [-0.39, 0.29) is 5.54 Å². The summed E-state index contributed by atoms with van der Waals surface area (Å²) in [5.74, 6) is 0.848. The molecule has 0 radical (unpaired) electrons. The smallest absolute Gasteiger partial charge is 0.120 e. The molecular weight excluding hydrogens is 234 g/mol. The molecule has 0 saturated carbocycles. The SMILES string of the molecule is CC(C)(C)NCCCCOc1cccc(Cl)c1. The summed E-state index contributed by atoms with van der Waals surface area (Å²) in [5, 5.41) is 4.17. The molecule has 1 N–H and O–H groups in total. The molecule has 0 saturated heterocycles. The highest BCUT2D eigenvalue weighted by Crippen LogP contribution is 2.17. The van der Waals surface area contributed by atoms with E-state index in [4.69, 9.17) is 16.3 Å². The van der Waals surface area contributed by atoms with Crippen LogP contribution >= 0.6 is 11.6 Å². The van der Waals surface area contributed by atoms with Crippen LogP contribution < -0.4 is 10.1 Å². The first-order chi connectivity index (χ1) is 7.97. The van der Waals surface area contributed by atoms with Gasteiger partial charge in [-0.3, -0.25) is 0 Å². The molecule has 96 valence electrons. The van der Waals surface area contributed by atoms with Crippen LogP contribution in [0.15, 0.2) is 24.3 Å². The van der Waals surface area contributed by atoms with E-state index in [1.165, 1.54) is 0 Å². The Bertz CT molecular complexity index is 333. The van der Waals surface area contributed by atoms with Crippen molar-refractivity contribution in [2.75, 3.05) is 13.2 Å². The van der Waals surface area contributed by atoms with Crippen molar-refractivity contribution in [3.8, 4) is 5.75 Å². The second kappa shape index (κ2) is 6.87. The Morgan fingerprint density at radius 3 is 2.65 bits per heavy atom. The van der Waals surface area contributed by atoms with Crippen LogP contribution in [0, 0.1) is 0 Å². The van der Waals surface area contributed by atoms with Crippen molar-refractivity contribution in [3.63, 3.8) is 0 Å². The summed E-state index contributed by atoms with van der Waals surface area (Å²) < 4.78 is 5.61. The molecule has 17 heavy (non-hydrogen) atoms. The van der Waals surface area contributed by atoms with Gasteiger partial charge in [0.15, 0.2) is 0 Å². The molecule has 2 nitrogen and oxygen atoms in total.